The van der Waals surface area contributed by atoms with Crippen LogP contribution in [0.25, 0.3) is 11.5 Å². The molecular weight excluding hydrogens is 426 g/mol. The zero-order chi connectivity index (χ0) is 23.2. The number of pyridine rings is 2. The number of carbonyl (C=O) groups is 1. The highest BCUT2D eigenvalue weighted by Crippen LogP contribution is 2.25. The predicted octanol–water partition coefficient (Wildman–Crippen LogP) is 1.97. The fourth-order valence-electron chi connectivity index (χ4n) is 3.01. The van der Waals surface area contributed by atoms with E-state index in [1.165, 1.54) is 26.6 Å². The van der Waals surface area contributed by atoms with Crippen molar-refractivity contribution in [1.29, 1.82) is 0 Å². The molecule has 0 unspecified atom stereocenters. The number of carbonyl (C=O) groups excluding carboxylic acids is 1. The Bertz CT molecular complexity index is 1190. The van der Waals surface area contributed by atoms with Gasteiger partial charge < -0.3 is 19.9 Å². The Balaban J connectivity index is 1.64. The average Bonchev–Trinajstić information content (AvgIpc) is 2.88. The summed E-state index contributed by atoms with van der Waals surface area (Å²) in [7, 11) is 3.03. The van der Waals surface area contributed by atoms with E-state index < -0.39 is 17.8 Å². The Kier molecular flexibility index (Phi) is 6.30. The van der Waals surface area contributed by atoms with Gasteiger partial charge in [0.2, 0.25) is 17.6 Å². The molecule has 0 bridgehead atoms. The van der Waals surface area contributed by atoms with Gasteiger partial charge in [-0.15, -0.1) is 5.10 Å². The Morgan fingerprint density at radius 2 is 1.61 bits per heavy atom. The molecule has 11 heteroatoms. The monoisotopic (exact) mass is 445 g/mol. The molecule has 4 aromatic rings. The van der Waals surface area contributed by atoms with E-state index >= 15 is 0 Å². The molecule has 4 rings (SSSR count). The van der Waals surface area contributed by atoms with Crippen molar-refractivity contribution < 1.29 is 19.4 Å². The molecule has 0 spiro atoms. The van der Waals surface area contributed by atoms with Crippen LogP contribution in [-0.4, -0.2) is 55.4 Å². The standard InChI is InChI=1S/C22H19N7O4/c1-32-17-7-5-13(10-23-17)19(14-6-8-18(33-2)24-11-14)27-21(30)15-12-25-20(28-22(15)31)16-4-3-9-26-29-16/h3-12,19H,1-2H3,(H,27,30)(H,25,28,31). The van der Waals surface area contributed by atoms with Crippen LogP contribution in [0.1, 0.15) is 27.5 Å². The zero-order valence-corrected chi connectivity index (χ0v) is 17.7. The van der Waals surface area contributed by atoms with Crippen molar-refractivity contribution in [2.24, 2.45) is 0 Å². The summed E-state index contributed by atoms with van der Waals surface area (Å²) < 4.78 is 10.2. The first-order chi connectivity index (χ1) is 16.1. The summed E-state index contributed by atoms with van der Waals surface area (Å²) >= 11 is 0. The molecule has 4 heterocycles. The molecule has 0 saturated carbocycles. The molecule has 2 N–H and O–H groups in total. The number of hydrogen-bond donors (Lipinski definition) is 2. The van der Waals surface area contributed by atoms with Crippen molar-refractivity contribution in [3.05, 3.63) is 77.9 Å². The number of hydrogen-bond acceptors (Lipinski definition) is 10. The first-order valence-corrected chi connectivity index (χ1v) is 9.74. The normalized spacial score (nSPS) is 10.6. The summed E-state index contributed by atoms with van der Waals surface area (Å²) in [6.07, 6.45) is 5.91. The van der Waals surface area contributed by atoms with Crippen molar-refractivity contribution in [2.75, 3.05) is 14.2 Å². The van der Waals surface area contributed by atoms with E-state index in [2.05, 4.69) is 35.5 Å². The highest BCUT2D eigenvalue weighted by atomic mass is 16.5. The molecule has 33 heavy (non-hydrogen) atoms. The third-order valence-electron chi connectivity index (χ3n) is 4.69. The van der Waals surface area contributed by atoms with Crippen molar-refractivity contribution in [3.8, 4) is 29.2 Å². The van der Waals surface area contributed by atoms with E-state index in [0.29, 0.717) is 28.6 Å². The molecule has 11 nitrogen and oxygen atoms in total. The van der Waals surface area contributed by atoms with Crippen LogP contribution < -0.4 is 14.8 Å². The molecule has 0 aliphatic rings. The SMILES string of the molecule is COc1ccc(C(NC(=O)c2cnc(-c3cccnn3)nc2O)c2ccc(OC)nc2)cn1. The lowest BCUT2D eigenvalue weighted by Crippen LogP contribution is -2.30. The minimum atomic E-state index is -0.631. The predicted molar refractivity (Wildman–Crippen MR) is 116 cm³/mol. The highest BCUT2D eigenvalue weighted by Gasteiger charge is 2.22. The summed E-state index contributed by atoms with van der Waals surface area (Å²) in [5.41, 5.74) is 1.61. The number of aromatic hydroxyl groups is 1. The van der Waals surface area contributed by atoms with Crippen LogP contribution in [0.15, 0.2) is 61.2 Å². The van der Waals surface area contributed by atoms with Crippen molar-refractivity contribution in [3.63, 3.8) is 0 Å². The van der Waals surface area contributed by atoms with Crippen LogP contribution in [-0.2, 0) is 0 Å². The molecule has 1 amide bonds. The smallest absolute Gasteiger partial charge is 0.259 e. The number of methoxy groups -OCH3 is 2. The maximum atomic E-state index is 13.0. The fourth-order valence-corrected chi connectivity index (χ4v) is 3.01. The maximum Gasteiger partial charge on any atom is 0.259 e. The van der Waals surface area contributed by atoms with Crippen LogP contribution in [0.5, 0.6) is 17.6 Å². The molecule has 0 fully saturated rings. The number of nitrogens with one attached hydrogen (secondary N) is 1. The van der Waals surface area contributed by atoms with E-state index in [0.717, 1.165) is 0 Å². The van der Waals surface area contributed by atoms with Crippen LogP contribution >= 0.6 is 0 Å². The molecule has 0 radical (unpaired) electrons. The first-order valence-electron chi connectivity index (χ1n) is 9.74. The first kappa shape index (κ1) is 21.6. The Labute approximate surface area is 188 Å². The van der Waals surface area contributed by atoms with Gasteiger partial charge in [0.25, 0.3) is 5.91 Å². The van der Waals surface area contributed by atoms with Crippen molar-refractivity contribution in [1.82, 2.24) is 35.5 Å². The Hall–Kier alpha value is -4.67. The number of ether oxygens (including phenoxy) is 2. The van der Waals surface area contributed by atoms with Crippen LogP contribution in [0.2, 0.25) is 0 Å². The van der Waals surface area contributed by atoms with E-state index in [1.54, 1.807) is 48.8 Å². The number of aromatic nitrogens is 6. The molecule has 0 aliphatic carbocycles. The van der Waals surface area contributed by atoms with Gasteiger partial charge in [-0.25, -0.2) is 15.0 Å². The topological polar surface area (TPSA) is 145 Å². The summed E-state index contributed by atoms with van der Waals surface area (Å²) in [6, 6.07) is 9.59. The molecule has 0 atom stereocenters. The van der Waals surface area contributed by atoms with Crippen molar-refractivity contribution >= 4 is 5.91 Å². The van der Waals surface area contributed by atoms with Gasteiger partial charge in [-0.05, 0) is 35.4 Å². The lowest BCUT2D eigenvalue weighted by Gasteiger charge is -2.20. The summed E-state index contributed by atoms with van der Waals surface area (Å²) in [4.78, 5) is 29.6. The van der Waals surface area contributed by atoms with Crippen molar-refractivity contribution in [2.45, 2.75) is 6.04 Å². The lowest BCUT2D eigenvalue weighted by atomic mass is 10.0. The summed E-state index contributed by atoms with van der Waals surface area (Å²) in [5, 5.41) is 20.9. The second-order valence-electron chi connectivity index (χ2n) is 6.71. The van der Waals surface area contributed by atoms with E-state index in [4.69, 9.17) is 9.47 Å². The van der Waals surface area contributed by atoms with Gasteiger partial charge in [0, 0.05) is 36.9 Å². The quantitative estimate of drug-likeness (QED) is 0.433. The molecule has 166 valence electrons. The third kappa shape index (κ3) is 4.82. The summed E-state index contributed by atoms with van der Waals surface area (Å²) in [6.45, 7) is 0. The Morgan fingerprint density at radius 3 is 2.09 bits per heavy atom. The molecule has 0 saturated heterocycles. The van der Waals surface area contributed by atoms with Crippen LogP contribution in [0, 0.1) is 0 Å². The molecule has 0 aromatic carbocycles. The fraction of sp³-hybridized carbons (Fsp3) is 0.136. The molecular formula is C22H19N7O4. The van der Waals surface area contributed by atoms with Gasteiger partial charge in [-0.3, -0.25) is 4.79 Å². The maximum absolute atomic E-state index is 13.0. The largest absolute Gasteiger partial charge is 0.493 e. The van der Waals surface area contributed by atoms with Gasteiger partial charge in [0.15, 0.2) is 5.82 Å². The second kappa shape index (κ2) is 9.64. The molecule has 4 aromatic heterocycles. The molecule has 0 aliphatic heterocycles. The minimum absolute atomic E-state index is 0.101. The van der Waals surface area contributed by atoms with Gasteiger partial charge in [-0.1, -0.05) is 0 Å². The average molecular weight is 445 g/mol. The number of nitrogens with zero attached hydrogens (tertiary/aromatic N) is 6. The van der Waals surface area contributed by atoms with Gasteiger partial charge in [0.1, 0.15) is 11.3 Å². The van der Waals surface area contributed by atoms with Gasteiger partial charge in [-0.2, -0.15) is 10.1 Å². The van der Waals surface area contributed by atoms with E-state index in [1.807, 2.05) is 0 Å². The van der Waals surface area contributed by atoms with E-state index in [9.17, 15) is 9.90 Å². The van der Waals surface area contributed by atoms with Gasteiger partial charge >= 0.3 is 0 Å². The van der Waals surface area contributed by atoms with Crippen LogP contribution in [0.3, 0.4) is 0 Å². The minimum Gasteiger partial charge on any atom is -0.493 e. The Morgan fingerprint density at radius 1 is 0.939 bits per heavy atom. The number of rotatable bonds is 7. The second-order valence-corrected chi connectivity index (χ2v) is 6.71. The lowest BCUT2D eigenvalue weighted by molar-refractivity contribution is 0.0939. The van der Waals surface area contributed by atoms with Crippen LogP contribution in [0.4, 0.5) is 0 Å². The highest BCUT2D eigenvalue weighted by molar-refractivity contribution is 5.96. The summed E-state index contributed by atoms with van der Waals surface area (Å²) in [5.74, 6) is -0.0606. The third-order valence-corrected chi connectivity index (χ3v) is 4.69. The zero-order valence-electron chi connectivity index (χ0n) is 17.7. The van der Waals surface area contributed by atoms with E-state index in [-0.39, 0.29) is 11.4 Å². The number of amides is 1. The van der Waals surface area contributed by atoms with Gasteiger partial charge in [0.05, 0.1) is 20.3 Å².